The number of aryl methyl sites for hydroxylation is 2. The Morgan fingerprint density at radius 3 is 2.44 bits per heavy atom. The number of aromatic nitrogens is 2. The van der Waals surface area contributed by atoms with Crippen LogP contribution in [0.4, 0.5) is 0 Å². The van der Waals surface area contributed by atoms with Crippen molar-refractivity contribution in [2.75, 3.05) is 11.5 Å². The number of nitrogens with zero attached hydrogens (tertiary/aromatic N) is 2. The highest BCUT2D eigenvalue weighted by Gasteiger charge is 2.29. The van der Waals surface area contributed by atoms with Gasteiger partial charge in [-0.3, -0.25) is 0 Å². The van der Waals surface area contributed by atoms with E-state index in [2.05, 4.69) is 9.97 Å². The predicted molar refractivity (Wildman–Crippen MR) is 64.4 cm³/mol. The Morgan fingerprint density at radius 1 is 1.31 bits per heavy atom. The predicted octanol–water partition coefficient (Wildman–Crippen LogP) is 1.37. The molecule has 1 aliphatic heterocycles. The van der Waals surface area contributed by atoms with Crippen molar-refractivity contribution in [3.8, 4) is 0 Å². The van der Waals surface area contributed by atoms with E-state index < -0.39 is 9.84 Å². The molecule has 4 nitrogen and oxygen atoms in total. The van der Waals surface area contributed by atoms with Gasteiger partial charge >= 0.3 is 0 Å². The summed E-state index contributed by atoms with van der Waals surface area (Å²) in [5.74, 6) is 0.559. The van der Waals surface area contributed by atoms with Crippen molar-refractivity contribution in [3.05, 3.63) is 17.5 Å². The number of hydrogen-bond acceptors (Lipinski definition) is 5. The van der Waals surface area contributed by atoms with E-state index >= 15 is 0 Å². The van der Waals surface area contributed by atoms with Crippen molar-refractivity contribution in [3.63, 3.8) is 0 Å². The van der Waals surface area contributed by atoms with E-state index in [-0.39, 0.29) is 11.0 Å². The number of sulfone groups is 1. The van der Waals surface area contributed by atoms with Gasteiger partial charge in [0.05, 0.1) is 11.5 Å². The van der Waals surface area contributed by atoms with Crippen LogP contribution in [-0.2, 0) is 9.84 Å². The lowest BCUT2D eigenvalue weighted by molar-refractivity contribution is 0.602. The summed E-state index contributed by atoms with van der Waals surface area (Å²) in [6, 6.07) is 1.91. The van der Waals surface area contributed by atoms with Crippen LogP contribution in [-0.4, -0.2) is 35.1 Å². The standard InChI is InChI=1S/C10H14N2O2S2/c1-7-5-8(2)12-10(11-7)15-9-3-4-16(13,14)6-9/h5,9H,3-4,6H2,1-2H3/t9-/m0/s1. The van der Waals surface area contributed by atoms with Gasteiger partial charge in [-0.2, -0.15) is 0 Å². The van der Waals surface area contributed by atoms with E-state index in [4.69, 9.17) is 0 Å². The van der Waals surface area contributed by atoms with Crippen LogP contribution in [0.2, 0.25) is 0 Å². The van der Waals surface area contributed by atoms with Crippen molar-refractivity contribution in [2.24, 2.45) is 0 Å². The maximum absolute atomic E-state index is 11.3. The molecule has 1 aromatic rings. The van der Waals surface area contributed by atoms with E-state index in [1.54, 1.807) is 0 Å². The number of hydrogen-bond donors (Lipinski definition) is 0. The third-order valence-electron chi connectivity index (χ3n) is 2.42. The SMILES string of the molecule is Cc1cc(C)nc(S[C@H]2CCS(=O)(=O)C2)n1. The Hall–Kier alpha value is -0.620. The summed E-state index contributed by atoms with van der Waals surface area (Å²) in [6.45, 7) is 3.84. The van der Waals surface area contributed by atoms with Gasteiger partial charge in [-0.15, -0.1) is 0 Å². The van der Waals surface area contributed by atoms with Crippen molar-refractivity contribution in [1.29, 1.82) is 0 Å². The summed E-state index contributed by atoms with van der Waals surface area (Å²) in [7, 11) is -2.81. The third kappa shape index (κ3) is 2.95. The molecule has 0 aliphatic carbocycles. The molecular weight excluding hydrogens is 244 g/mol. The van der Waals surface area contributed by atoms with Gasteiger partial charge in [0.1, 0.15) is 0 Å². The Labute approximate surface area is 99.8 Å². The second-order valence-electron chi connectivity index (χ2n) is 4.08. The highest BCUT2D eigenvalue weighted by Crippen LogP contribution is 2.28. The largest absolute Gasteiger partial charge is 0.229 e. The molecule has 1 saturated heterocycles. The van der Waals surface area contributed by atoms with Gasteiger partial charge in [0, 0.05) is 16.6 Å². The molecule has 1 fully saturated rings. The first-order valence-electron chi connectivity index (χ1n) is 5.14. The molecular formula is C10H14N2O2S2. The van der Waals surface area contributed by atoms with E-state index in [1.807, 2.05) is 19.9 Å². The molecule has 1 aliphatic rings. The first-order valence-corrected chi connectivity index (χ1v) is 7.84. The van der Waals surface area contributed by atoms with Crippen LogP contribution in [0.1, 0.15) is 17.8 Å². The minimum atomic E-state index is -2.81. The lowest BCUT2D eigenvalue weighted by Crippen LogP contribution is -2.07. The van der Waals surface area contributed by atoms with Crippen LogP contribution >= 0.6 is 11.8 Å². The zero-order valence-corrected chi connectivity index (χ0v) is 10.9. The molecule has 2 heterocycles. The van der Waals surface area contributed by atoms with E-state index in [1.165, 1.54) is 11.8 Å². The molecule has 6 heteroatoms. The molecule has 2 rings (SSSR count). The Balaban J connectivity index is 2.10. The maximum atomic E-state index is 11.3. The molecule has 88 valence electrons. The summed E-state index contributed by atoms with van der Waals surface area (Å²) in [5.41, 5.74) is 1.85. The lowest BCUT2D eigenvalue weighted by atomic mass is 10.4. The summed E-state index contributed by atoms with van der Waals surface area (Å²) < 4.78 is 22.6. The summed E-state index contributed by atoms with van der Waals surface area (Å²) in [4.78, 5) is 8.60. The van der Waals surface area contributed by atoms with Gasteiger partial charge in [0.25, 0.3) is 0 Å². The van der Waals surface area contributed by atoms with Gasteiger partial charge in [-0.1, -0.05) is 11.8 Å². The summed E-state index contributed by atoms with van der Waals surface area (Å²) in [5, 5.41) is 0.811. The lowest BCUT2D eigenvalue weighted by Gasteiger charge is -2.06. The Morgan fingerprint density at radius 2 is 1.94 bits per heavy atom. The molecule has 0 spiro atoms. The normalized spacial score (nSPS) is 23.5. The zero-order valence-electron chi connectivity index (χ0n) is 9.30. The molecule has 0 aromatic carbocycles. The van der Waals surface area contributed by atoms with Gasteiger partial charge in [0.15, 0.2) is 15.0 Å². The van der Waals surface area contributed by atoms with Crippen LogP contribution in [0.5, 0.6) is 0 Å². The van der Waals surface area contributed by atoms with Gasteiger partial charge in [-0.25, -0.2) is 18.4 Å². The molecule has 0 bridgehead atoms. The Bertz CT molecular complexity index is 479. The van der Waals surface area contributed by atoms with Crippen LogP contribution < -0.4 is 0 Å². The molecule has 1 aromatic heterocycles. The highest BCUT2D eigenvalue weighted by molar-refractivity contribution is 8.01. The second kappa shape index (κ2) is 4.33. The molecule has 0 saturated carbocycles. The molecule has 1 atom stereocenters. The number of thioether (sulfide) groups is 1. The number of rotatable bonds is 2. The second-order valence-corrected chi connectivity index (χ2v) is 7.57. The highest BCUT2D eigenvalue weighted by atomic mass is 32.2. The average Bonchev–Trinajstić information content (AvgIpc) is 2.43. The quantitative estimate of drug-likeness (QED) is 0.750. The van der Waals surface area contributed by atoms with Gasteiger partial charge < -0.3 is 0 Å². The fourth-order valence-electron chi connectivity index (χ4n) is 1.75. The minimum absolute atomic E-state index is 0.117. The summed E-state index contributed by atoms with van der Waals surface area (Å²) >= 11 is 1.48. The molecule has 0 radical (unpaired) electrons. The molecule has 0 amide bonds. The van der Waals surface area contributed by atoms with E-state index in [9.17, 15) is 8.42 Å². The Kier molecular flexibility index (Phi) is 3.21. The van der Waals surface area contributed by atoms with Gasteiger partial charge in [0.2, 0.25) is 0 Å². The molecule has 16 heavy (non-hydrogen) atoms. The van der Waals surface area contributed by atoms with Crippen LogP contribution in [0, 0.1) is 13.8 Å². The summed E-state index contributed by atoms with van der Waals surface area (Å²) in [6.07, 6.45) is 0.712. The van der Waals surface area contributed by atoms with E-state index in [0.29, 0.717) is 17.3 Å². The zero-order chi connectivity index (χ0) is 11.8. The average molecular weight is 258 g/mol. The molecule has 0 N–H and O–H groups in total. The smallest absolute Gasteiger partial charge is 0.188 e. The van der Waals surface area contributed by atoms with Gasteiger partial charge in [-0.05, 0) is 26.3 Å². The van der Waals surface area contributed by atoms with Crippen molar-refractivity contribution in [1.82, 2.24) is 9.97 Å². The monoisotopic (exact) mass is 258 g/mol. The van der Waals surface area contributed by atoms with Crippen molar-refractivity contribution >= 4 is 21.6 Å². The fraction of sp³-hybridized carbons (Fsp3) is 0.600. The topological polar surface area (TPSA) is 59.9 Å². The maximum Gasteiger partial charge on any atom is 0.188 e. The van der Waals surface area contributed by atoms with Crippen molar-refractivity contribution in [2.45, 2.75) is 30.7 Å². The van der Waals surface area contributed by atoms with Crippen LogP contribution in [0.25, 0.3) is 0 Å². The third-order valence-corrected chi connectivity index (χ3v) is 5.53. The first-order chi connectivity index (χ1) is 7.44. The molecule has 0 unspecified atom stereocenters. The van der Waals surface area contributed by atoms with Crippen molar-refractivity contribution < 1.29 is 8.42 Å². The van der Waals surface area contributed by atoms with Crippen LogP contribution in [0.3, 0.4) is 0 Å². The van der Waals surface area contributed by atoms with Crippen LogP contribution in [0.15, 0.2) is 11.2 Å². The van der Waals surface area contributed by atoms with E-state index in [0.717, 1.165) is 11.4 Å². The fourth-order valence-corrected chi connectivity index (χ4v) is 5.26. The minimum Gasteiger partial charge on any atom is -0.229 e. The first kappa shape index (κ1) is 11.9.